The molecule has 1 aromatic carbocycles. The smallest absolute Gasteiger partial charge is 0.178 e. The lowest BCUT2D eigenvalue weighted by Gasteiger charge is -2.13. The van der Waals surface area contributed by atoms with Gasteiger partial charge in [0.1, 0.15) is 11.3 Å². The van der Waals surface area contributed by atoms with Gasteiger partial charge in [-0.25, -0.2) is 0 Å². The second kappa shape index (κ2) is 6.03. The van der Waals surface area contributed by atoms with Crippen LogP contribution in [0.25, 0.3) is 11.0 Å². The van der Waals surface area contributed by atoms with Crippen LogP contribution in [0.5, 0.6) is 5.75 Å². The van der Waals surface area contributed by atoms with E-state index >= 15 is 0 Å². The van der Waals surface area contributed by atoms with E-state index in [-0.39, 0.29) is 6.04 Å². The van der Waals surface area contributed by atoms with E-state index in [1.54, 1.807) is 11.3 Å². The number of ether oxygens (including phenoxy) is 1. The zero-order chi connectivity index (χ0) is 14.8. The van der Waals surface area contributed by atoms with Gasteiger partial charge in [-0.3, -0.25) is 0 Å². The predicted octanol–water partition coefficient (Wildman–Crippen LogP) is 5.16. The van der Waals surface area contributed by atoms with Crippen molar-refractivity contribution in [3.05, 3.63) is 45.4 Å². The van der Waals surface area contributed by atoms with Gasteiger partial charge in [0.25, 0.3) is 0 Å². The van der Waals surface area contributed by atoms with Crippen LogP contribution in [0.1, 0.15) is 31.9 Å². The summed E-state index contributed by atoms with van der Waals surface area (Å²) < 4.78 is 8.71. The number of aromatic amines is 1. The van der Waals surface area contributed by atoms with E-state index in [0.29, 0.717) is 6.61 Å². The van der Waals surface area contributed by atoms with Crippen LogP contribution in [0.4, 0.5) is 0 Å². The van der Waals surface area contributed by atoms with Gasteiger partial charge in [-0.05, 0) is 60.1 Å². The van der Waals surface area contributed by atoms with Gasteiger partial charge in [-0.2, -0.15) is 11.3 Å². The minimum Gasteiger partial charge on any atom is -0.491 e. The summed E-state index contributed by atoms with van der Waals surface area (Å²) >= 11 is 7.24. The van der Waals surface area contributed by atoms with Crippen molar-refractivity contribution in [3.63, 3.8) is 0 Å². The number of imidazole rings is 1. The maximum atomic E-state index is 5.82. The fraction of sp³-hybridized carbons (Fsp3) is 0.312. The Balaban J connectivity index is 2.12. The highest BCUT2D eigenvalue weighted by atomic mass is 32.1. The van der Waals surface area contributed by atoms with Gasteiger partial charge in [-0.1, -0.05) is 13.0 Å². The van der Waals surface area contributed by atoms with E-state index in [9.17, 15) is 0 Å². The van der Waals surface area contributed by atoms with Gasteiger partial charge in [0.05, 0.1) is 18.2 Å². The molecule has 21 heavy (non-hydrogen) atoms. The monoisotopic (exact) mass is 318 g/mol. The molecule has 1 unspecified atom stereocenters. The second-order valence-electron chi connectivity index (χ2n) is 5.03. The van der Waals surface area contributed by atoms with Crippen molar-refractivity contribution < 1.29 is 4.74 Å². The summed E-state index contributed by atoms with van der Waals surface area (Å²) in [6.45, 7) is 4.99. The lowest BCUT2D eigenvalue weighted by atomic mass is 10.1. The third-order valence-electron chi connectivity index (χ3n) is 3.59. The second-order valence-corrected chi connectivity index (χ2v) is 6.20. The first-order chi connectivity index (χ1) is 10.2. The van der Waals surface area contributed by atoms with Crippen molar-refractivity contribution in [3.8, 4) is 5.75 Å². The predicted molar refractivity (Wildman–Crippen MR) is 91.0 cm³/mol. The van der Waals surface area contributed by atoms with Gasteiger partial charge in [-0.15, -0.1) is 0 Å². The summed E-state index contributed by atoms with van der Waals surface area (Å²) in [7, 11) is 0. The summed E-state index contributed by atoms with van der Waals surface area (Å²) in [4.78, 5) is 3.30. The van der Waals surface area contributed by atoms with Crippen LogP contribution in [0.2, 0.25) is 0 Å². The molecular formula is C16H18N2OS2. The molecule has 0 saturated carbocycles. The first-order valence-corrected chi connectivity index (χ1v) is 8.45. The highest BCUT2D eigenvalue weighted by Crippen LogP contribution is 2.30. The Morgan fingerprint density at radius 3 is 2.95 bits per heavy atom. The van der Waals surface area contributed by atoms with E-state index in [1.807, 2.05) is 12.1 Å². The SMILES string of the molecule is CCCOc1cccc2c1[nH]c(=S)n2C(C)c1ccsc1. The van der Waals surface area contributed by atoms with Crippen LogP contribution in [0, 0.1) is 4.77 Å². The topological polar surface area (TPSA) is 29.9 Å². The van der Waals surface area contributed by atoms with Crippen molar-refractivity contribution in [1.29, 1.82) is 0 Å². The Morgan fingerprint density at radius 2 is 2.24 bits per heavy atom. The lowest BCUT2D eigenvalue weighted by molar-refractivity contribution is 0.320. The van der Waals surface area contributed by atoms with Crippen molar-refractivity contribution in [1.82, 2.24) is 9.55 Å². The van der Waals surface area contributed by atoms with Crippen LogP contribution in [-0.2, 0) is 0 Å². The van der Waals surface area contributed by atoms with Gasteiger partial charge in [0, 0.05) is 0 Å². The van der Waals surface area contributed by atoms with Crippen LogP contribution >= 0.6 is 23.6 Å². The van der Waals surface area contributed by atoms with Gasteiger partial charge in [0.15, 0.2) is 4.77 Å². The van der Waals surface area contributed by atoms with Crippen LogP contribution < -0.4 is 4.74 Å². The number of hydrogen-bond acceptors (Lipinski definition) is 3. The average molecular weight is 318 g/mol. The molecule has 5 heteroatoms. The highest BCUT2D eigenvalue weighted by molar-refractivity contribution is 7.71. The number of hydrogen-bond donors (Lipinski definition) is 1. The number of benzene rings is 1. The molecule has 3 aromatic rings. The molecule has 3 rings (SSSR count). The minimum atomic E-state index is 0.207. The number of nitrogens with zero attached hydrogens (tertiary/aromatic N) is 1. The van der Waals surface area contributed by atoms with E-state index in [2.05, 4.69) is 46.3 Å². The zero-order valence-electron chi connectivity index (χ0n) is 12.1. The highest BCUT2D eigenvalue weighted by Gasteiger charge is 2.15. The van der Waals surface area contributed by atoms with Gasteiger partial charge >= 0.3 is 0 Å². The zero-order valence-corrected chi connectivity index (χ0v) is 13.8. The number of fused-ring (bicyclic) bond motifs is 1. The van der Waals surface area contributed by atoms with E-state index in [0.717, 1.165) is 28.0 Å². The third kappa shape index (κ3) is 2.63. The largest absolute Gasteiger partial charge is 0.491 e. The van der Waals surface area contributed by atoms with Crippen molar-refractivity contribution in [2.24, 2.45) is 0 Å². The van der Waals surface area contributed by atoms with E-state index in [4.69, 9.17) is 17.0 Å². The molecule has 0 saturated heterocycles. The maximum absolute atomic E-state index is 5.82. The molecule has 1 N–H and O–H groups in total. The molecule has 0 bridgehead atoms. The average Bonchev–Trinajstić information content (AvgIpc) is 3.11. The fourth-order valence-electron chi connectivity index (χ4n) is 2.50. The Kier molecular flexibility index (Phi) is 4.12. The Morgan fingerprint density at radius 1 is 1.38 bits per heavy atom. The van der Waals surface area contributed by atoms with Gasteiger partial charge in [0.2, 0.25) is 0 Å². The molecule has 1 atom stereocenters. The van der Waals surface area contributed by atoms with Crippen molar-refractivity contribution in [2.75, 3.05) is 6.61 Å². The molecular weight excluding hydrogens is 300 g/mol. The molecule has 0 aliphatic carbocycles. The molecule has 3 nitrogen and oxygen atoms in total. The van der Waals surface area contributed by atoms with Crippen LogP contribution in [-0.4, -0.2) is 16.2 Å². The Labute approximate surface area is 133 Å². The first kappa shape index (κ1) is 14.4. The summed E-state index contributed by atoms with van der Waals surface area (Å²) in [5, 5.41) is 4.27. The lowest BCUT2D eigenvalue weighted by Crippen LogP contribution is -2.05. The quantitative estimate of drug-likeness (QED) is 0.659. The molecule has 2 aromatic heterocycles. The standard InChI is InChI=1S/C16H18N2OS2/c1-3-8-19-14-6-4-5-13-15(14)17-16(20)18(13)11(2)12-7-9-21-10-12/h4-7,9-11H,3,8H2,1-2H3,(H,17,20). The number of aromatic nitrogens is 2. The first-order valence-electron chi connectivity index (χ1n) is 7.10. The number of rotatable bonds is 5. The van der Waals surface area contributed by atoms with Crippen LogP contribution in [0.15, 0.2) is 35.0 Å². The number of thiophene rings is 1. The van der Waals surface area contributed by atoms with Crippen molar-refractivity contribution in [2.45, 2.75) is 26.3 Å². The molecule has 110 valence electrons. The van der Waals surface area contributed by atoms with Gasteiger partial charge < -0.3 is 14.3 Å². The Bertz CT molecular complexity index is 786. The third-order valence-corrected chi connectivity index (χ3v) is 4.59. The van der Waals surface area contributed by atoms with Crippen LogP contribution in [0.3, 0.4) is 0 Å². The summed E-state index contributed by atoms with van der Waals surface area (Å²) in [6, 6.07) is 8.45. The fourth-order valence-corrected chi connectivity index (χ4v) is 3.61. The number of H-pyrrole nitrogens is 1. The summed E-state index contributed by atoms with van der Waals surface area (Å²) in [5.74, 6) is 0.872. The summed E-state index contributed by atoms with van der Waals surface area (Å²) in [6.07, 6.45) is 0.989. The molecule has 0 fully saturated rings. The normalized spacial score (nSPS) is 12.7. The molecule has 0 spiro atoms. The van der Waals surface area contributed by atoms with E-state index in [1.165, 1.54) is 5.56 Å². The molecule has 2 heterocycles. The number of para-hydroxylation sites is 1. The minimum absolute atomic E-state index is 0.207. The van der Waals surface area contributed by atoms with E-state index < -0.39 is 0 Å². The molecule has 0 aliphatic heterocycles. The number of nitrogens with one attached hydrogen (secondary N) is 1. The Hall–Kier alpha value is -1.59. The molecule has 0 radical (unpaired) electrons. The van der Waals surface area contributed by atoms with Crippen molar-refractivity contribution >= 4 is 34.6 Å². The maximum Gasteiger partial charge on any atom is 0.178 e. The summed E-state index contributed by atoms with van der Waals surface area (Å²) in [5.41, 5.74) is 3.35. The molecule has 0 aliphatic rings. The molecule has 0 amide bonds.